The van der Waals surface area contributed by atoms with Crippen LogP contribution in [0.25, 0.3) is 6.08 Å². The molecule has 0 aliphatic rings. The molecule has 0 aromatic heterocycles. The van der Waals surface area contributed by atoms with E-state index < -0.39 is 30.4 Å². The van der Waals surface area contributed by atoms with Gasteiger partial charge in [-0.3, -0.25) is 14.6 Å². The van der Waals surface area contributed by atoms with Crippen molar-refractivity contribution in [2.45, 2.75) is 6.04 Å². The lowest BCUT2D eigenvalue weighted by molar-refractivity contribution is -0.141. The number of aliphatic carboxylic acids is 1. The second kappa shape index (κ2) is 12.3. The number of nitrogens with one attached hydrogen (secondary N) is 2. The molecule has 0 saturated heterocycles. The van der Waals surface area contributed by atoms with E-state index in [0.29, 0.717) is 0 Å². The van der Waals surface area contributed by atoms with Crippen LogP contribution in [0, 0.1) is 0 Å². The normalized spacial score (nSPS) is 11.4. The number of phenolic OH excluding ortho intramolecular Hbond substituents is 1. The molecule has 11 nitrogen and oxygen atoms in total. The second-order valence-electron chi connectivity index (χ2n) is 6.69. The lowest BCUT2D eigenvalue weighted by Gasteiger charge is -2.15. The molecule has 0 spiro atoms. The van der Waals surface area contributed by atoms with Gasteiger partial charge in [0.1, 0.15) is 24.1 Å². The number of nitrogens with zero attached hydrogens (tertiary/aromatic N) is 1. The number of phenols is 1. The van der Waals surface area contributed by atoms with Gasteiger partial charge >= 0.3 is 5.97 Å². The standard InChI is InChI=1S/C22H25N5O6/c23-22(24)25-10-11-33-15-7-8-16(18(28)12-15)20(30)26-13-17(21(31)32)27-19(29)9-6-14-4-2-1-3-5-14/h1-9,12,17,28H,10-11,13H2,(H,26,30)(H,27,29)(H,31,32)(H4,23,24,25)/t17-/m0/s1. The Hall–Kier alpha value is -4.54. The van der Waals surface area contributed by atoms with E-state index in [2.05, 4.69) is 15.6 Å². The number of carbonyl (C=O) groups excluding carboxylic acids is 2. The van der Waals surface area contributed by atoms with Crippen LogP contribution >= 0.6 is 0 Å². The fourth-order valence-electron chi connectivity index (χ4n) is 2.58. The number of amides is 2. The van der Waals surface area contributed by atoms with Crippen LogP contribution in [0.4, 0.5) is 0 Å². The molecule has 0 radical (unpaired) electrons. The van der Waals surface area contributed by atoms with Crippen molar-refractivity contribution in [1.29, 1.82) is 0 Å². The molecule has 0 aliphatic carbocycles. The molecule has 0 saturated carbocycles. The SMILES string of the molecule is NC(N)=NCCOc1ccc(C(=O)NC[C@H](NC(=O)C=Cc2ccccc2)C(=O)O)c(O)c1. The highest BCUT2D eigenvalue weighted by atomic mass is 16.5. The van der Waals surface area contributed by atoms with Gasteiger partial charge in [-0.25, -0.2) is 4.79 Å². The number of rotatable bonds is 11. The molecule has 2 rings (SSSR count). The van der Waals surface area contributed by atoms with Crippen molar-refractivity contribution in [1.82, 2.24) is 10.6 Å². The van der Waals surface area contributed by atoms with Crippen molar-refractivity contribution in [3.8, 4) is 11.5 Å². The van der Waals surface area contributed by atoms with Crippen LogP contribution in [-0.4, -0.2) is 59.7 Å². The first-order chi connectivity index (χ1) is 15.8. The Labute approximate surface area is 189 Å². The van der Waals surface area contributed by atoms with Crippen molar-refractivity contribution in [2.75, 3.05) is 19.7 Å². The summed E-state index contributed by atoms with van der Waals surface area (Å²) >= 11 is 0. The highest BCUT2D eigenvalue weighted by Gasteiger charge is 2.21. The van der Waals surface area contributed by atoms with Crippen molar-refractivity contribution >= 4 is 29.8 Å². The predicted molar refractivity (Wildman–Crippen MR) is 122 cm³/mol. The van der Waals surface area contributed by atoms with Crippen LogP contribution in [0.3, 0.4) is 0 Å². The van der Waals surface area contributed by atoms with Crippen LogP contribution in [0.5, 0.6) is 11.5 Å². The zero-order valence-electron chi connectivity index (χ0n) is 17.6. The van der Waals surface area contributed by atoms with E-state index in [1.807, 2.05) is 6.07 Å². The molecule has 2 aromatic carbocycles. The minimum Gasteiger partial charge on any atom is -0.507 e. The molecule has 11 heteroatoms. The summed E-state index contributed by atoms with van der Waals surface area (Å²) in [4.78, 5) is 39.6. The van der Waals surface area contributed by atoms with Crippen molar-refractivity contribution in [3.63, 3.8) is 0 Å². The molecule has 1 atom stereocenters. The summed E-state index contributed by atoms with van der Waals surface area (Å²) in [6.45, 7) is -0.0228. The van der Waals surface area contributed by atoms with Gasteiger partial charge in [0.15, 0.2) is 5.96 Å². The maximum Gasteiger partial charge on any atom is 0.328 e. The van der Waals surface area contributed by atoms with Gasteiger partial charge in [-0.05, 0) is 23.8 Å². The summed E-state index contributed by atoms with van der Waals surface area (Å²) in [6.07, 6.45) is 2.73. The quantitative estimate of drug-likeness (QED) is 0.119. The van der Waals surface area contributed by atoms with Crippen LogP contribution in [-0.2, 0) is 9.59 Å². The lowest BCUT2D eigenvalue weighted by Crippen LogP contribution is -2.48. The Balaban J connectivity index is 1.90. The Morgan fingerprint density at radius 2 is 1.85 bits per heavy atom. The smallest absolute Gasteiger partial charge is 0.328 e. The molecule has 0 unspecified atom stereocenters. The fraction of sp³-hybridized carbons (Fsp3) is 0.182. The number of carboxylic acid groups (broad SMARTS) is 1. The first-order valence-electron chi connectivity index (χ1n) is 9.82. The average Bonchev–Trinajstić information content (AvgIpc) is 2.78. The maximum absolute atomic E-state index is 12.4. The van der Waals surface area contributed by atoms with E-state index in [-0.39, 0.29) is 36.2 Å². The Kier molecular flexibility index (Phi) is 9.25. The first kappa shape index (κ1) is 24.7. The number of aromatic hydroxyl groups is 1. The largest absolute Gasteiger partial charge is 0.507 e. The molecule has 174 valence electrons. The van der Waals surface area contributed by atoms with E-state index >= 15 is 0 Å². The van der Waals surface area contributed by atoms with Gasteiger partial charge in [-0.1, -0.05) is 30.3 Å². The van der Waals surface area contributed by atoms with E-state index in [4.69, 9.17) is 16.2 Å². The summed E-state index contributed by atoms with van der Waals surface area (Å²) in [5.74, 6) is -2.84. The van der Waals surface area contributed by atoms with E-state index in [1.165, 1.54) is 30.4 Å². The molecular formula is C22H25N5O6. The van der Waals surface area contributed by atoms with Gasteiger partial charge in [0.2, 0.25) is 5.91 Å². The maximum atomic E-state index is 12.4. The fourth-order valence-corrected chi connectivity index (χ4v) is 2.58. The lowest BCUT2D eigenvalue weighted by atomic mass is 10.1. The minimum absolute atomic E-state index is 0.0727. The number of nitrogens with two attached hydrogens (primary N) is 2. The van der Waals surface area contributed by atoms with Gasteiger partial charge in [-0.15, -0.1) is 0 Å². The van der Waals surface area contributed by atoms with Gasteiger partial charge < -0.3 is 37.1 Å². The Morgan fingerprint density at radius 3 is 2.48 bits per heavy atom. The van der Waals surface area contributed by atoms with Gasteiger partial charge in [0.25, 0.3) is 5.91 Å². The molecule has 8 N–H and O–H groups in total. The molecule has 2 aromatic rings. The van der Waals surface area contributed by atoms with Crippen LogP contribution in [0.2, 0.25) is 0 Å². The second-order valence-corrected chi connectivity index (χ2v) is 6.69. The van der Waals surface area contributed by atoms with E-state index in [9.17, 15) is 24.6 Å². The number of hydrogen-bond donors (Lipinski definition) is 6. The van der Waals surface area contributed by atoms with Gasteiger partial charge in [-0.2, -0.15) is 0 Å². The number of benzene rings is 2. The number of hydrogen-bond acceptors (Lipinski definition) is 6. The van der Waals surface area contributed by atoms with Crippen molar-refractivity contribution in [3.05, 3.63) is 65.7 Å². The van der Waals surface area contributed by atoms with Crippen molar-refractivity contribution in [2.24, 2.45) is 16.5 Å². The van der Waals surface area contributed by atoms with Gasteiger partial charge in [0.05, 0.1) is 12.1 Å². The van der Waals surface area contributed by atoms with Crippen LogP contribution in [0.15, 0.2) is 59.6 Å². The number of aliphatic imine (C=N–C) groups is 1. The number of carboxylic acids is 1. The van der Waals surface area contributed by atoms with E-state index in [1.54, 1.807) is 24.3 Å². The zero-order valence-corrected chi connectivity index (χ0v) is 17.6. The molecule has 0 fully saturated rings. The zero-order chi connectivity index (χ0) is 24.2. The van der Waals surface area contributed by atoms with Crippen LogP contribution in [0.1, 0.15) is 15.9 Å². The molecule has 0 heterocycles. The molecule has 0 aliphatic heterocycles. The third kappa shape index (κ3) is 8.61. The van der Waals surface area contributed by atoms with E-state index in [0.717, 1.165) is 5.56 Å². The topological polar surface area (TPSA) is 189 Å². The number of guanidine groups is 1. The predicted octanol–water partition coefficient (Wildman–Crippen LogP) is 0.0570. The Bertz CT molecular complexity index is 1030. The summed E-state index contributed by atoms with van der Waals surface area (Å²) in [5.41, 5.74) is 11.1. The summed E-state index contributed by atoms with van der Waals surface area (Å²) in [5, 5.41) is 24.1. The minimum atomic E-state index is -1.37. The summed E-state index contributed by atoms with van der Waals surface area (Å²) in [7, 11) is 0. The third-order valence-electron chi connectivity index (χ3n) is 4.18. The molecule has 33 heavy (non-hydrogen) atoms. The van der Waals surface area contributed by atoms with Crippen LogP contribution < -0.4 is 26.8 Å². The average molecular weight is 455 g/mol. The number of ether oxygens (including phenoxy) is 1. The highest BCUT2D eigenvalue weighted by molar-refractivity contribution is 5.98. The monoisotopic (exact) mass is 455 g/mol. The molecule has 2 amide bonds. The molecular weight excluding hydrogens is 430 g/mol. The third-order valence-corrected chi connectivity index (χ3v) is 4.18. The summed E-state index contributed by atoms with van der Waals surface area (Å²) in [6, 6.07) is 11.6. The summed E-state index contributed by atoms with van der Waals surface area (Å²) < 4.78 is 5.36. The van der Waals surface area contributed by atoms with Crippen molar-refractivity contribution < 1.29 is 29.3 Å². The van der Waals surface area contributed by atoms with Gasteiger partial charge in [0, 0.05) is 18.7 Å². The Morgan fingerprint density at radius 1 is 1.12 bits per heavy atom. The number of carbonyl (C=O) groups is 3. The molecule has 0 bridgehead atoms. The highest BCUT2D eigenvalue weighted by Crippen LogP contribution is 2.23. The first-order valence-corrected chi connectivity index (χ1v) is 9.82.